The van der Waals surface area contributed by atoms with Gasteiger partial charge in [-0.2, -0.15) is 4.31 Å². The van der Waals surface area contributed by atoms with Crippen molar-refractivity contribution in [1.29, 1.82) is 0 Å². The second-order valence-corrected chi connectivity index (χ2v) is 6.60. The molecule has 0 bridgehead atoms. The predicted molar refractivity (Wildman–Crippen MR) is 70.2 cm³/mol. The van der Waals surface area contributed by atoms with Crippen LogP contribution in [-0.2, 0) is 10.0 Å². The van der Waals surface area contributed by atoms with Crippen molar-refractivity contribution in [2.45, 2.75) is 25.2 Å². The Morgan fingerprint density at radius 3 is 2.50 bits per heavy atom. The Morgan fingerprint density at radius 1 is 1.33 bits per heavy atom. The molecule has 1 aromatic carbocycles. The van der Waals surface area contributed by atoms with Crippen LogP contribution in [0.5, 0.6) is 5.75 Å². The van der Waals surface area contributed by atoms with Gasteiger partial charge in [-0.25, -0.2) is 8.42 Å². The number of hydrogen-bond acceptors (Lipinski definition) is 3. The lowest BCUT2D eigenvalue weighted by Crippen LogP contribution is -2.28. The molecule has 0 spiro atoms. The molecule has 1 atom stereocenters. The predicted octanol–water partition coefficient (Wildman–Crippen LogP) is 2.12. The minimum atomic E-state index is -3.33. The van der Waals surface area contributed by atoms with Gasteiger partial charge in [0.25, 0.3) is 0 Å². The highest BCUT2D eigenvalue weighted by atomic mass is 32.2. The van der Waals surface area contributed by atoms with Gasteiger partial charge in [0, 0.05) is 13.1 Å². The summed E-state index contributed by atoms with van der Waals surface area (Å²) >= 11 is 0. The fourth-order valence-corrected chi connectivity index (χ4v) is 3.71. The van der Waals surface area contributed by atoms with Gasteiger partial charge in [-0.1, -0.05) is 6.92 Å². The van der Waals surface area contributed by atoms with Crippen LogP contribution in [0.2, 0.25) is 0 Å². The van der Waals surface area contributed by atoms with Crippen molar-refractivity contribution in [3.8, 4) is 5.75 Å². The van der Waals surface area contributed by atoms with E-state index in [0.29, 0.717) is 36.3 Å². The third-order valence-corrected chi connectivity index (χ3v) is 5.04. The molecule has 1 saturated heterocycles. The lowest BCUT2D eigenvalue weighted by Gasteiger charge is -2.16. The number of nitrogens with zero attached hydrogens (tertiary/aromatic N) is 1. The van der Waals surface area contributed by atoms with Gasteiger partial charge >= 0.3 is 0 Å². The number of hydrogen-bond donors (Lipinski definition) is 0. The summed E-state index contributed by atoms with van der Waals surface area (Å²) in [6, 6.07) is 6.64. The first-order chi connectivity index (χ1) is 8.54. The summed E-state index contributed by atoms with van der Waals surface area (Å²) in [7, 11) is -3.33. The van der Waals surface area contributed by atoms with Crippen molar-refractivity contribution >= 4 is 10.0 Å². The zero-order valence-corrected chi connectivity index (χ0v) is 11.6. The van der Waals surface area contributed by atoms with Crippen molar-refractivity contribution in [3.63, 3.8) is 0 Å². The van der Waals surface area contributed by atoms with Crippen molar-refractivity contribution in [2.75, 3.05) is 19.7 Å². The molecule has 1 aliphatic heterocycles. The van der Waals surface area contributed by atoms with Gasteiger partial charge in [0.2, 0.25) is 10.0 Å². The normalized spacial score (nSPS) is 21.1. The van der Waals surface area contributed by atoms with Crippen LogP contribution in [0.15, 0.2) is 29.2 Å². The van der Waals surface area contributed by atoms with Gasteiger partial charge in [-0.15, -0.1) is 0 Å². The Morgan fingerprint density at radius 2 is 2.00 bits per heavy atom. The summed E-state index contributed by atoms with van der Waals surface area (Å²) in [6.45, 7) is 5.80. The second-order valence-electron chi connectivity index (χ2n) is 4.66. The van der Waals surface area contributed by atoms with Crippen molar-refractivity contribution in [3.05, 3.63) is 24.3 Å². The van der Waals surface area contributed by atoms with Gasteiger partial charge in [0.05, 0.1) is 11.5 Å². The van der Waals surface area contributed by atoms with Crippen LogP contribution in [0.3, 0.4) is 0 Å². The van der Waals surface area contributed by atoms with Crippen LogP contribution < -0.4 is 4.74 Å². The van der Waals surface area contributed by atoms with Gasteiger partial charge in [-0.05, 0) is 43.5 Å². The minimum Gasteiger partial charge on any atom is -0.494 e. The maximum Gasteiger partial charge on any atom is 0.243 e. The molecular formula is C13H19NO3S. The number of benzene rings is 1. The van der Waals surface area contributed by atoms with Crippen LogP contribution in [0.1, 0.15) is 20.3 Å². The van der Waals surface area contributed by atoms with Crippen LogP contribution in [0, 0.1) is 5.92 Å². The van der Waals surface area contributed by atoms with E-state index in [4.69, 9.17) is 4.74 Å². The zero-order chi connectivity index (χ0) is 13.2. The lowest BCUT2D eigenvalue weighted by molar-refractivity contribution is 0.340. The lowest BCUT2D eigenvalue weighted by atomic mass is 10.2. The van der Waals surface area contributed by atoms with E-state index in [9.17, 15) is 8.42 Å². The molecule has 0 saturated carbocycles. The van der Waals surface area contributed by atoms with Gasteiger partial charge in [0.1, 0.15) is 5.75 Å². The molecule has 0 radical (unpaired) electrons. The molecule has 5 heteroatoms. The molecule has 1 fully saturated rings. The van der Waals surface area contributed by atoms with Crippen molar-refractivity contribution in [1.82, 2.24) is 4.31 Å². The first kappa shape index (κ1) is 13.4. The first-order valence-electron chi connectivity index (χ1n) is 6.27. The van der Waals surface area contributed by atoms with Gasteiger partial charge in [0.15, 0.2) is 0 Å². The molecule has 2 rings (SSSR count). The van der Waals surface area contributed by atoms with E-state index in [1.54, 1.807) is 28.6 Å². The highest BCUT2D eigenvalue weighted by molar-refractivity contribution is 7.89. The average molecular weight is 269 g/mol. The minimum absolute atomic E-state index is 0.347. The van der Waals surface area contributed by atoms with Crippen LogP contribution in [-0.4, -0.2) is 32.4 Å². The molecule has 0 aliphatic carbocycles. The molecule has 0 amide bonds. The van der Waals surface area contributed by atoms with E-state index < -0.39 is 10.0 Å². The van der Waals surface area contributed by atoms with Crippen molar-refractivity contribution in [2.24, 2.45) is 5.92 Å². The summed E-state index contributed by atoms with van der Waals surface area (Å²) in [5, 5.41) is 0. The van der Waals surface area contributed by atoms with Gasteiger partial charge in [-0.3, -0.25) is 0 Å². The summed E-state index contributed by atoms with van der Waals surface area (Å²) in [5.74, 6) is 1.15. The van der Waals surface area contributed by atoms with Gasteiger partial charge < -0.3 is 4.74 Å². The molecule has 1 heterocycles. The first-order valence-corrected chi connectivity index (χ1v) is 7.71. The molecule has 1 aromatic rings. The largest absolute Gasteiger partial charge is 0.494 e. The Labute approximate surface area is 109 Å². The molecule has 1 unspecified atom stereocenters. The molecule has 18 heavy (non-hydrogen) atoms. The molecule has 0 N–H and O–H groups in total. The monoisotopic (exact) mass is 269 g/mol. The Bertz CT molecular complexity index is 495. The standard InChI is InChI=1S/C13H19NO3S/c1-3-17-12-4-6-13(7-5-12)18(15,16)14-9-8-11(2)10-14/h4-7,11H,3,8-10H2,1-2H3. The van der Waals surface area contributed by atoms with Crippen LogP contribution in [0.25, 0.3) is 0 Å². The van der Waals surface area contributed by atoms with Crippen LogP contribution >= 0.6 is 0 Å². The fourth-order valence-electron chi connectivity index (χ4n) is 2.14. The second kappa shape index (κ2) is 5.28. The highest BCUT2D eigenvalue weighted by Gasteiger charge is 2.30. The molecule has 0 aromatic heterocycles. The highest BCUT2D eigenvalue weighted by Crippen LogP contribution is 2.25. The van der Waals surface area contributed by atoms with E-state index in [2.05, 4.69) is 6.92 Å². The third-order valence-electron chi connectivity index (χ3n) is 3.16. The average Bonchev–Trinajstić information content (AvgIpc) is 2.78. The number of rotatable bonds is 4. The molecule has 4 nitrogen and oxygen atoms in total. The number of ether oxygens (including phenoxy) is 1. The summed E-state index contributed by atoms with van der Waals surface area (Å²) in [5.41, 5.74) is 0. The van der Waals surface area contributed by atoms with E-state index in [1.807, 2.05) is 6.92 Å². The van der Waals surface area contributed by atoms with E-state index in [1.165, 1.54) is 0 Å². The van der Waals surface area contributed by atoms with E-state index in [0.717, 1.165) is 6.42 Å². The Kier molecular flexibility index (Phi) is 3.92. The maximum absolute atomic E-state index is 12.3. The smallest absolute Gasteiger partial charge is 0.243 e. The molecule has 1 aliphatic rings. The quantitative estimate of drug-likeness (QED) is 0.841. The fraction of sp³-hybridized carbons (Fsp3) is 0.538. The maximum atomic E-state index is 12.3. The third kappa shape index (κ3) is 2.67. The number of sulfonamides is 1. The van der Waals surface area contributed by atoms with Crippen LogP contribution in [0.4, 0.5) is 0 Å². The summed E-state index contributed by atoms with van der Waals surface area (Å²) in [4.78, 5) is 0.347. The van der Waals surface area contributed by atoms with Crippen molar-refractivity contribution < 1.29 is 13.2 Å². The SMILES string of the molecule is CCOc1ccc(S(=O)(=O)N2CCC(C)C2)cc1. The Balaban J connectivity index is 2.19. The zero-order valence-electron chi connectivity index (χ0n) is 10.8. The molecular weight excluding hydrogens is 250 g/mol. The van der Waals surface area contributed by atoms with E-state index >= 15 is 0 Å². The topological polar surface area (TPSA) is 46.6 Å². The Hall–Kier alpha value is -1.07. The summed E-state index contributed by atoms with van der Waals surface area (Å²) < 4.78 is 31.5. The summed E-state index contributed by atoms with van der Waals surface area (Å²) in [6.07, 6.45) is 0.941. The van der Waals surface area contributed by atoms with E-state index in [-0.39, 0.29) is 0 Å². The molecule has 100 valence electrons.